The van der Waals surface area contributed by atoms with Gasteiger partial charge in [-0.05, 0) is 51.6 Å². The average molecular weight is 331 g/mol. The fourth-order valence-corrected chi connectivity index (χ4v) is 3.33. The molecule has 1 fully saturated rings. The van der Waals surface area contributed by atoms with Crippen LogP contribution in [-0.4, -0.2) is 55.0 Å². The first-order valence-electron chi connectivity index (χ1n) is 9.37. The Balaban J connectivity index is 1.94. The second-order valence-corrected chi connectivity index (χ2v) is 7.13. The summed E-state index contributed by atoms with van der Waals surface area (Å²) in [5, 5.41) is 3.44. The second kappa shape index (κ2) is 9.67. The van der Waals surface area contributed by atoms with Gasteiger partial charge in [0.15, 0.2) is 5.96 Å². The van der Waals surface area contributed by atoms with Crippen molar-refractivity contribution in [1.82, 2.24) is 15.1 Å². The fourth-order valence-electron chi connectivity index (χ4n) is 3.33. The van der Waals surface area contributed by atoms with E-state index in [4.69, 9.17) is 4.99 Å². The van der Waals surface area contributed by atoms with Gasteiger partial charge in [0.05, 0.1) is 0 Å². The van der Waals surface area contributed by atoms with Crippen LogP contribution in [-0.2, 0) is 6.54 Å². The largest absolute Gasteiger partial charge is 0.357 e. The first-order chi connectivity index (χ1) is 11.6. The van der Waals surface area contributed by atoms with Gasteiger partial charge in [0.2, 0.25) is 0 Å². The van der Waals surface area contributed by atoms with Crippen molar-refractivity contribution in [2.45, 2.75) is 46.2 Å². The third-order valence-electron chi connectivity index (χ3n) is 4.74. The zero-order valence-electron chi connectivity index (χ0n) is 15.8. The Morgan fingerprint density at radius 2 is 2.08 bits per heavy atom. The molecule has 1 heterocycles. The summed E-state index contributed by atoms with van der Waals surface area (Å²) in [4.78, 5) is 9.74. The van der Waals surface area contributed by atoms with Crippen molar-refractivity contribution in [2.24, 2.45) is 10.9 Å². The summed E-state index contributed by atoms with van der Waals surface area (Å²) in [6.45, 7) is 11.9. The molecule has 24 heavy (non-hydrogen) atoms. The minimum absolute atomic E-state index is 0.644. The van der Waals surface area contributed by atoms with Crippen LogP contribution in [0.4, 0.5) is 0 Å². The van der Waals surface area contributed by atoms with E-state index in [1.54, 1.807) is 0 Å². The molecule has 1 saturated heterocycles. The molecule has 1 aliphatic heterocycles. The van der Waals surface area contributed by atoms with Gasteiger partial charge in [-0.3, -0.25) is 4.99 Å². The highest BCUT2D eigenvalue weighted by atomic mass is 15.3. The van der Waals surface area contributed by atoms with Gasteiger partial charge in [-0.25, -0.2) is 0 Å². The van der Waals surface area contributed by atoms with Gasteiger partial charge in [0, 0.05) is 39.3 Å². The molecule has 0 aromatic heterocycles. The third-order valence-corrected chi connectivity index (χ3v) is 4.74. The van der Waals surface area contributed by atoms with E-state index in [9.17, 15) is 0 Å². The molecule has 4 nitrogen and oxygen atoms in total. The van der Waals surface area contributed by atoms with E-state index in [0.29, 0.717) is 12.0 Å². The number of nitrogens with zero attached hydrogens (tertiary/aromatic N) is 3. The smallest absolute Gasteiger partial charge is 0.193 e. The molecule has 2 rings (SSSR count). The fraction of sp³-hybridized carbons (Fsp3) is 0.650. The van der Waals surface area contributed by atoms with Crippen molar-refractivity contribution in [2.75, 3.05) is 33.2 Å². The lowest BCUT2D eigenvalue weighted by Crippen LogP contribution is -2.42. The Kier molecular flexibility index (Phi) is 7.57. The van der Waals surface area contributed by atoms with Crippen molar-refractivity contribution < 1.29 is 0 Å². The molecule has 1 aromatic rings. The van der Waals surface area contributed by atoms with Gasteiger partial charge in [0.1, 0.15) is 0 Å². The van der Waals surface area contributed by atoms with Crippen LogP contribution in [0.1, 0.15) is 39.2 Å². The van der Waals surface area contributed by atoms with Gasteiger partial charge in [-0.1, -0.05) is 30.3 Å². The van der Waals surface area contributed by atoms with Crippen LogP contribution in [0.2, 0.25) is 0 Å². The van der Waals surface area contributed by atoms with Crippen molar-refractivity contribution in [1.29, 1.82) is 0 Å². The Hall–Kier alpha value is -1.55. The monoisotopic (exact) mass is 330 g/mol. The summed E-state index contributed by atoms with van der Waals surface area (Å²) < 4.78 is 0. The highest BCUT2D eigenvalue weighted by Gasteiger charge is 2.21. The topological polar surface area (TPSA) is 30.9 Å². The summed E-state index contributed by atoms with van der Waals surface area (Å²) in [5.41, 5.74) is 1.31. The molecule has 1 N–H and O–H groups in total. The summed E-state index contributed by atoms with van der Waals surface area (Å²) in [6.07, 6.45) is 2.60. The Morgan fingerprint density at radius 1 is 1.33 bits per heavy atom. The van der Waals surface area contributed by atoms with Gasteiger partial charge in [-0.2, -0.15) is 0 Å². The van der Waals surface area contributed by atoms with Gasteiger partial charge >= 0.3 is 0 Å². The normalized spacial score (nSPS) is 19.5. The lowest BCUT2D eigenvalue weighted by atomic mass is 9.97. The van der Waals surface area contributed by atoms with Crippen molar-refractivity contribution >= 4 is 5.96 Å². The molecule has 0 amide bonds. The molecule has 4 heteroatoms. The number of hydrogen-bond donors (Lipinski definition) is 1. The summed E-state index contributed by atoms with van der Waals surface area (Å²) in [6, 6.07) is 11.2. The quantitative estimate of drug-likeness (QED) is 0.642. The maximum atomic E-state index is 4.93. The zero-order chi connectivity index (χ0) is 17.4. The van der Waals surface area contributed by atoms with Gasteiger partial charge in [0.25, 0.3) is 0 Å². The molecule has 1 aromatic carbocycles. The Labute approximate surface area is 147 Å². The number of piperidine rings is 1. The lowest BCUT2D eigenvalue weighted by Gasteiger charge is -2.35. The minimum Gasteiger partial charge on any atom is -0.357 e. The maximum Gasteiger partial charge on any atom is 0.193 e. The summed E-state index contributed by atoms with van der Waals surface area (Å²) >= 11 is 0. The highest BCUT2D eigenvalue weighted by Crippen LogP contribution is 2.18. The highest BCUT2D eigenvalue weighted by molar-refractivity contribution is 5.79. The number of aliphatic imine (C=N–C) groups is 1. The predicted molar refractivity (Wildman–Crippen MR) is 103 cm³/mol. The maximum absolute atomic E-state index is 4.93. The van der Waals surface area contributed by atoms with E-state index in [-0.39, 0.29) is 0 Å². The van der Waals surface area contributed by atoms with Crippen LogP contribution in [0, 0.1) is 5.92 Å². The first-order valence-corrected chi connectivity index (χ1v) is 9.37. The number of likely N-dealkylation sites (tertiary alicyclic amines) is 1. The van der Waals surface area contributed by atoms with Crippen LogP contribution in [0.3, 0.4) is 0 Å². The second-order valence-electron chi connectivity index (χ2n) is 7.13. The van der Waals surface area contributed by atoms with Crippen LogP contribution >= 0.6 is 0 Å². The van der Waals surface area contributed by atoms with Crippen molar-refractivity contribution in [3.05, 3.63) is 35.9 Å². The van der Waals surface area contributed by atoms with Crippen molar-refractivity contribution in [3.63, 3.8) is 0 Å². The number of hydrogen-bond acceptors (Lipinski definition) is 2. The standard InChI is InChI=1S/C20H34N4/c1-5-21-20(23(4)15-18-10-7-6-8-11-18)22-14-19-12-9-13-24(16-19)17(2)3/h6-8,10-11,17,19H,5,9,12-16H2,1-4H3,(H,21,22). The molecule has 134 valence electrons. The Bertz CT molecular complexity index is 498. The average Bonchev–Trinajstić information content (AvgIpc) is 2.59. The predicted octanol–water partition coefficient (Wildman–Crippen LogP) is 3.20. The SMILES string of the molecule is CCNC(=NCC1CCCN(C(C)C)C1)N(C)Cc1ccccc1. The third kappa shape index (κ3) is 5.82. The molecule has 0 radical (unpaired) electrons. The van der Waals surface area contributed by atoms with Crippen LogP contribution in [0.25, 0.3) is 0 Å². The molecule has 0 saturated carbocycles. The Morgan fingerprint density at radius 3 is 2.75 bits per heavy atom. The molecular formula is C20H34N4. The van der Waals surface area contributed by atoms with Gasteiger partial charge in [-0.15, -0.1) is 0 Å². The van der Waals surface area contributed by atoms with E-state index < -0.39 is 0 Å². The molecule has 1 aliphatic rings. The van der Waals surface area contributed by atoms with Crippen LogP contribution in [0.5, 0.6) is 0 Å². The van der Waals surface area contributed by atoms with E-state index in [1.807, 2.05) is 0 Å². The number of benzene rings is 1. The molecule has 0 bridgehead atoms. The van der Waals surface area contributed by atoms with E-state index in [2.05, 4.69) is 73.3 Å². The van der Waals surface area contributed by atoms with E-state index in [0.717, 1.165) is 25.6 Å². The van der Waals surface area contributed by atoms with E-state index >= 15 is 0 Å². The summed E-state index contributed by atoms with van der Waals surface area (Å²) in [7, 11) is 2.12. The van der Waals surface area contributed by atoms with Crippen LogP contribution < -0.4 is 5.32 Å². The lowest BCUT2D eigenvalue weighted by molar-refractivity contribution is 0.143. The van der Waals surface area contributed by atoms with Crippen molar-refractivity contribution in [3.8, 4) is 0 Å². The molecule has 1 unspecified atom stereocenters. The number of nitrogens with one attached hydrogen (secondary N) is 1. The summed E-state index contributed by atoms with van der Waals surface area (Å²) in [5.74, 6) is 1.70. The molecular weight excluding hydrogens is 296 g/mol. The number of rotatable bonds is 6. The van der Waals surface area contributed by atoms with E-state index in [1.165, 1.54) is 31.5 Å². The molecule has 0 aliphatic carbocycles. The first kappa shape index (κ1) is 18.8. The van der Waals surface area contributed by atoms with Crippen LogP contribution in [0.15, 0.2) is 35.3 Å². The molecule has 0 spiro atoms. The number of guanidine groups is 1. The zero-order valence-corrected chi connectivity index (χ0v) is 15.8. The minimum atomic E-state index is 0.644. The van der Waals surface area contributed by atoms with Gasteiger partial charge < -0.3 is 15.1 Å². The molecule has 1 atom stereocenters.